The Morgan fingerprint density at radius 2 is 2.33 bits per heavy atom. The van der Waals surface area contributed by atoms with E-state index in [4.69, 9.17) is 0 Å². The standard InChI is InChI=1S/C14H25N3S/c1-12(9-15-10-14-5-4-8-18-14)17-7-6-16(3)13(2)11-17/h4-5,8,12-13,15H,6-7,9-11H2,1-3H3. The molecule has 0 saturated carbocycles. The van der Waals surface area contributed by atoms with Crippen LogP contribution in [0.15, 0.2) is 17.5 Å². The predicted molar refractivity (Wildman–Crippen MR) is 79.2 cm³/mol. The molecule has 1 aromatic heterocycles. The number of hydrogen-bond donors (Lipinski definition) is 1. The number of nitrogens with one attached hydrogen (secondary N) is 1. The summed E-state index contributed by atoms with van der Waals surface area (Å²) < 4.78 is 0. The van der Waals surface area contributed by atoms with E-state index in [1.807, 2.05) is 11.3 Å². The Morgan fingerprint density at radius 3 is 3.00 bits per heavy atom. The summed E-state index contributed by atoms with van der Waals surface area (Å²) in [4.78, 5) is 6.47. The highest BCUT2D eigenvalue weighted by atomic mass is 32.1. The number of nitrogens with zero attached hydrogens (tertiary/aromatic N) is 2. The van der Waals surface area contributed by atoms with Crippen LogP contribution in [-0.4, -0.2) is 55.1 Å². The topological polar surface area (TPSA) is 18.5 Å². The molecule has 4 heteroatoms. The van der Waals surface area contributed by atoms with Gasteiger partial charge in [0.1, 0.15) is 0 Å². The first-order valence-corrected chi connectivity index (χ1v) is 7.72. The summed E-state index contributed by atoms with van der Waals surface area (Å²) in [7, 11) is 2.22. The molecule has 1 fully saturated rings. The van der Waals surface area contributed by atoms with Gasteiger partial charge < -0.3 is 10.2 Å². The van der Waals surface area contributed by atoms with E-state index in [1.165, 1.54) is 24.5 Å². The lowest BCUT2D eigenvalue weighted by Gasteiger charge is -2.40. The molecule has 2 heterocycles. The fraction of sp³-hybridized carbons (Fsp3) is 0.714. The van der Waals surface area contributed by atoms with Crippen LogP contribution in [0.1, 0.15) is 18.7 Å². The smallest absolute Gasteiger partial charge is 0.0300 e. The van der Waals surface area contributed by atoms with Gasteiger partial charge in [-0.3, -0.25) is 4.90 Å². The van der Waals surface area contributed by atoms with E-state index in [0.717, 1.165) is 13.1 Å². The number of thiophene rings is 1. The average Bonchev–Trinajstić information content (AvgIpc) is 2.85. The van der Waals surface area contributed by atoms with Crippen molar-refractivity contribution in [3.05, 3.63) is 22.4 Å². The van der Waals surface area contributed by atoms with Crippen LogP contribution < -0.4 is 5.32 Å². The van der Waals surface area contributed by atoms with E-state index in [1.54, 1.807) is 0 Å². The fourth-order valence-corrected chi connectivity index (χ4v) is 3.10. The third kappa shape index (κ3) is 3.79. The van der Waals surface area contributed by atoms with Gasteiger partial charge in [0.05, 0.1) is 0 Å². The lowest BCUT2D eigenvalue weighted by Crippen LogP contribution is -2.54. The zero-order valence-electron chi connectivity index (χ0n) is 11.7. The van der Waals surface area contributed by atoms with E-state index in [2.05, 4.69) is 53.5 Å². The second kappa shape index (κ2) is 6.66. The minimum Gasteiger partial charge on any atom is -0.310 e. The van der Waals surface area contributed by atoms with Crippen LogP contribution >= 0.6 is 11.3 Å². The predicted octanol–water partition coefficient (Wildman–Crippen LogP) is 1.86. The third-order valence-corrected chi connectivity index (χ3v) is 4.81. The maximum absolute atomic E-state index is 3.57. The maximum atomic E-state index is 3.57. The fourth-order valence-electron chi connectivity index (χ4n) is 2.42. The van der Waals surface area contributed by atoms with Gasteiger partial charge >= 0.3 is 0 Å². The van der Waals surface area contributed by atoms with Crippen molar-refractivity contribution in [1.29, 1.82) is 0 Å². The second-order valence-corrected chi connectivity index (χ2v) is 6.42. The van der Waals surface area contributed by atoms with Crippen molar-refractivity contribution in [2.24, 2.45) is 0 Å². The molecule has 1 aromatic rings. The Kier molecular flexibility index (Phi) is 5.18. The molecule has 1 aliphatic rings. The molecule has 18 heavy (non-hydrogen) atoms. The lowest BCUT2D eigenvalue weighted by molar-refractivity contribution is 0.0772. The molecular weight excluding hydrogens is 242 g/mol. The Bertz CT molecular complexity index is 339. The van der Waals surface area contributed by atoms with Crippen molar-refractivity contribution >= 4 is 11.3 Å². The minimum absolute atomic E-state index is 0.626. The summed E-state index contributed by atoms with van der Waals surface area (Å²) in [6.45, 7) is 10.3. The molecule has 0 bridgehead atoms. The molecule has 1 N–H and O–H groups in total. The van der Waals surface area contributed by atoms with Crippen molar-refractivity contribution in [3.63, 3.8) is 0 Å². The molecule has 0 spiro atoms. The molecule has 1 saturated heterocycles. The van der Waals surface area contributed by atoms with Crippen LogP contribution in [0, 0.1) is 0 Å². The molecule has 3 nitrogen and oxygen atoms in total. The largest absolute Gasteiger partial charge is 0.310 e. The highest BCUT2D eigenvalue weighted by Gasteiger charge is 2.23. The second-order valence-electron chi connectivity index (χ2n) is 5.38. The SMILES string of the molecule is CC1CN(C(C)CNCc2cccs2)CCN1C. The number of rotatable bonds is 5. The van der Waals surface area contributed by atoms with Crippen molar-refractivity contribution in [2.75, 3.05) is 33.2 Å². The van der Waals surface area contributed by atoms with E-state index in [0.29, 0.717) is 12.1 Å². The van der Waals surface area contributed by atoms with Crippen LogP contribution in [0.3, 0.4) is 0 Å². The van der Waals surface area contributed by atoms with E-state index in [-0.39, 0.29) is 0 Å². The summed E-state index contributed by atoms with van der Waals surface area (Å²) >= 11 is 1.83. The van der Waals surface area contributed by atoms with Gasteiger partial charge in [-0.2, -0.15) is 0 Å². The van der Waals surface area contributed by atoms with Gasteiger partial charge in [0.2, 0.25) is 0 Å². The Morgan fingerprint density at radius 1 is 1.50 bits per heavy atom. The molecule has 2 unspecified atom stereocenters. The first-order chi connectivity index (χ1) is 8.66. The number of hydrogen-bond acceptors (Lipinski definition) is 4. The highest BCUT2D eigenvalue weighted by molar-refractivity contribution is 7.09. The molecule has 0 aromatic carbocycles. The zero-order chi connectivity index (χ0) is 13.0. The molecule has 2 rings (SSSR count). The van der Waals surface area contributed by atoms with E-state index >= 15 is 0 Å². The summed E-state index contributed by atoms with van der Waals surface area (Å²) in [5.41, 5.74) is 0. The number of piperazine rings is 1. The van der Waals surface area contributed by atoms with Gasteiger partial charge in [-0.15, -0.1) is 11.3 Å². The monoisotopic (exact) mass is 267 g/mol. The highest BCUT2D eigenvalue weighted by Crippen LogP contribution is 2.11. The van der Waals surface area contributed by atoms with Crippen LogP contribution in [0.4, 0.5) is 0 Å². The number of likely N-dealkylation sites (N-methyl/N-ethyl adjacent to an activating group) is 1. The van der Waals surface area contributed by atoms with Crippen molar-refractivity contribution in [2.45, 2.75) is 32.5 Å². The average molecular weight is 267 g/mol. The quantitative estimate of drug-likeness (QED) is 0.878. The molecule has 0 aliphatic carbocycles. The molecule has 1 aliphatic heterocycles. The molecule has 0 radical (unpaired) electrons. The first kappa shape index (κ1) is 14.0. The molecule has 0 amide bonds. The van der Waals surface area contributed by atoms with Crippen LogP contribution in [-0.2, 0) is 6.54 Å². The first-order valence-electron chi connectivity index (χ1n) is 6.84. The van der Waals surface area contributed by atoms with Crippen molar-refractivity contribution in [3.8, 4) is 0 Å². The van der Waals surface area contributed by atoms with Gasteiger partial charge in [0, 0.05) is 49.7 Å². The van der Waals surface area contributed by atoms with Crippen molar-refractivity contribution < 1.29 is 0 Å². The molecule has 102 valence electrons. The summed E-state index contributed by atoms with van der Waals surface area (Å²) in [6, 6.07) is 5.62. The Hall–Kier alpha value is -0.420. The van der Waals surface area contributed by atoms with Gasteiger partial charge in [-0.25, -0.2) is 0 Å². The molecule has 2 atom stereocenters. The van der Waals surface area contributed by atoms with Crippen molar-refractivity contribution in [1.82, 2.24) is 15.1 Å². The van der Waals surface area contributed by atoms with Crippen LogP contribution in [0.25, 0.3) is 0 Å². The van der Waals surface area contributed by atoms with Gasteiger partial charge in [0.25, 0.3) is 0 Å². The summed E-state index contributed by atoms with van der Waals surface area (Å²) in [5.74, 6) is 0. The Balaban J connectivity index is 1.69. The van der Waals surface area contributed by atoms with Gasteiger partial charge in [0.15, 0.2) is 0 Å². The van der Waals surface area contributed by atoms with Gasteiger partial charge in [-0.1, -0.05) is 6.07 Å². The normalized spacial score (nSPS) is 24.3. The zero-order valence-corrected chi connectivity index (χ0v) is 12.5. The molecular formula is C14H25N3S. The van der Waals surface area contributed by atoms with Gasteiger partial charge in [-0.05, 0) is 32.3 Å². The van der Waals surface area contributed by atoms with Crippen LogP contribution in [0.5, 0.6) is 0 Å². The summed E-state index contributed by atoms with van der Waals surface area (Å²) in [6.07, 6.45) is 0. The lowest BCUT2D eigenvalue weighted by atomic mass is 10.1. The van der Waals surface area contributed by atoms with E-state index < -0.39 is 0 Å². The Labute approximate surface area is 115 Å². The van der Waals surface area contributed by atoms with E-state index in [9.17, 15) is 0 Å². The maximum Gasteiger partial charge on any atom is 0.0300 e. The summed E-state index contributed by atoms with van der Waals surface area (Å²) in [5, 5.41) is 5.71. The third-order valence-electron chi connectivity index (χ3n) is 3.93. The minimum atomic E-state index is 0.626. The van der Waals surface area contributed by atoms with Crippen LogP contribution in [0.2, 0.25) is 0 Å².